The minimum atomic E-state index is -0.665. The largest absolute Gasteiger partial charge is 0.489 e. The van der Waals surface area contributed by atoms with Crippen molar-refractivity contribution in [2.75, 3.05) is 0 Å². The van der Waals surface area contributed by atoms with Crippen molar-refractivity contribution in [1.29, 1.82) is 0 Å². The molecule has 7 nitrogen and oxygen atoms in total. The average Bonchev–Trinajstić information content (AvgIpc) is 3.14. The molecule has 3 aromatic rings. The molecule has 0 bridgehead atoms. The predicted octanol–water partition coefficient (Wildman–Crippen LogP) is 5.17. The fraction of sp³-hybridized carbons (Fsp3) is 0.0435. The molecule has 0 atom stereocenters. The molecule has 0 amide bonds. The molecule has 0 unspecified atom stereocenters. The summed E-state index contributed by atoms with van der Waals surface area (Å²) in [4.78, 5) is 26.8. The zero-order chi connectivity index (χ0) is 21.8. The van der Waals surface area contributed by atoms with Crippen LogP contribution in [0.1, 0.15) is 16.7 Å². The van der Waals surface area contributed by atoms with Gasteiger partial charge in [-0.3, -0.25) is 10.1 Å². The van der Waals surface area contributed by atoms with Gasteiger partial charge < -0.3 is 9.47 Å². The third-order valence-corrected chi connectivity index (χ3v) is 4.77. The maximum Gasteiger partial charge on any atom is 0.363 e. The van der Waals surface area contributed by atoms with Crippen LogP contribution >= 0.6 is 11.6 Å². The number of hydrogen-bond donors (Lipinski definition) is 0. The maximum atomic E-state index is 12.2. The molecular weight excluding hydrogens is 420 g/mol. The van der Waals surface area contributed by atoms with E-state index in [0.29, 0.717) is 17.9 Å². The lowest BCUT2D eigenvalue weighted by atomic mass is 10.2. The van der Waals surface area contributed by atoms with Gasteiger partial charge in [-0.2, -0.15) is 0 Å². The Morgan fingerprint density at radius 2 is 1.81 bits per heavy atom. The quantitative estimate of drug-likeness (QED) is 0.231. The summed E-state index contributed by atoms with van der Waals surface area (Å²) in [6, 6.07) is 20.8. The van der Waals surface area contributed by atoms with Gasteiger partial charge in [-0.1, -0.05) is 54.1 Å². The molecule has 31 heavy (non-hydrogen) atoms. The molecule has 3 aromatic carbocycles. The monoisotopic (exact) mass is 434 g/mol. The van der Waals surface area contributed by atoms with Crippen molar-refractivity contribution in [2.24, 2.45) is 4.99 Å². The van der Waals surface area contributed by atoms with Gasteiger partial charge in [0.2, 0.25) is 5.90 Å². The van der Waals surface area contributed by atoms with E-state index in [4.69, 9.17) is 21.1 Å². The first kappa shape index (κ1) is 20.3. The van der Waals surface area contributed by atoms with Crippen LogP contribution < -0.4 is 4.74 Å². The van der Waals surface area contributed by atoms with Crippen molar-refractivity contribution in [1.82, 2.24) is 0 Å². The number of carbonyl (C=O) groups excluding carboxylic acids is 1. The van der Waals surface area contributed by atoms with E-state index >= 15 is 0 Å². The molecule has 0 aromatic heterocycles. The van der Waals surface area contributed by atoms with Gasteiger partial charge in [0.05, 0.1) is 15.5 Å². The molecule has 0 radical (unpaired) electrons. The fourth-order valence-corrected chi connectivity index (χ4v) is 3.07. The third-order valence-electron chi connectivity index (χ3n) is 4.44. The van der Waals surface area contributed by atoms with E-state index in [1.165, 1.54) is 18.2 Å². The standard InChI is InChI=1S/C23H15ClN2O5/c24-20-11-8-17(26(28)29)13-19(20)22-25-21(23(27)31-22)12-15-6-9-18(10-7-15)30-14-16-4-2-1-3-5-16/h1-13H,14H2/b21-12+. The van der Waals surface area contributed by atoms with Crippen molar-refractivity contribution in [3.05, 3.63) is 110 Å². The van der Waals surface area contributed by atoms with Crippen molar-refractivity contribution in [2.45, 2.75) is 6.61 Å². The summed E-state index contributed by atoms with van der Waals surface area (Å²) in [6.07, 6.45) is 1.56. The number of ether oxygens (including phenoxy) is 2. The Morgan fingerprint density at radius 1 is 1.06 bits per heavy atom. The first-order chi connectivity index (χ1) is 15.0. The zero-order valence-electron chi connectivity index (χ0n) is 16.0. The Morgan fingerprint density at radius 3 is 2.52 bits per heavy atom. The highest BCUT2D eigenvalue weighted by Crippen LogP contribution is 2.27. The molecule has 0 saturated heterocycles. The van der Waals surface area contributed by atoms with Crippen molar-refractivity contribution in [3.63, 3.8) is 0 Å². The highest BCUT2D eigenvalue weighted by atomic mass is 35.5. The van der Waals surface area contributed by atoms with Crippen LogP contribution in [-0.4, -0.2) is 16.8 Å². The van der Waals surface area contributed by atoms with E-state index < -0.39 is 10.9 Å². The summed E-state index contributed by atoms with van der Waals surface area (Å²) in [5.74, 6) is -0.0534. The lowest BCUT2D eigenvalue weighted by Gasteiger charge is -2.06. The van der Waals surface area contributed by atoms with Gasteiger partial charge in [-0.05, 0) is 35.4 Å². The summed E-state index contributed by atoms with van der Waals surface area (Å²) in [5.41, 5.74) is 1.84. The minimum Gasteiger partial charge on any atom is -0.489 e. The molecule has 4 rings (SSSR count). The lowest BCUT2D eigenvalue weighted by Crippen LogP contribution is -2.06. The second kappa shape index (κ2) is 8.81. The molecule has 0 aliphatic carbocycles. The first-order valence-corrected chi connectivity index (χ1v) is 9.61. The number of cyclic esters (lactones) is 1. The number of non-ortho nitro benzene ring substituents is 1. The normalized spacial score (nSPS) is 14.3. The lowest BCUT2D eigenvalue weighted by molar-refractivity contribution is -0.384. The second-order valence-electron chi connectivity index (χ2n) is 6.60. The Bertz CT molecular complexity index is 1200. The van der Waals surface area contributed by atoms with Gasteiger partial charge in [0.15, 0.2) is 5.70 Å². The van der Waals surface area contributed by atoms with Crippen LogP contribution in [0.3, 0.4) is 0 Å². The number of rotatable bonds is 6. The molecule has 0 spiro atoms. The number of nitro groups is 1. The highest BCUT2D eigenvalue weighted by molar-refractivity contribution is 6.34. The van der Waals surface area contributed by atoms with Crippen molar-refractivity contribution < 1.29 is 19.2 Å². The van der Waals surface area contributed by atoms with Crippen LogP contribution in [0.2, 0.25) is 5.02 Å². The second-order valence-corrected chi connectivity index (χ2v) is 7.01. The average molecular weight is 435 g/mol. The number of nitrogens with zero attached hydrogens (tertiary/aromatic N) is 2. The Labute approximate surface area is 182 Å². The van der Waals surface area contributed by atoms with Crippen molar-refractivity contribution >= 4 is 35.2 Å². The maximum absolute atomic E-state index is 12.2. The number of benzene rings is 3. The van der Waals surface area contributed by atoms with Crippen LogP contribution in [-0.2, 0) is 16.1 Å². The number of halogens is 1. The zero-order valence-corrected chi connectivity index (χ0v) is 16.8. The number of esters is 1. The number of nitro benzene ring substituents is 1. The van der Waals surface area contributed by atoms with Gasteiger partial charge in [0.1, 0.15) is 12.4 Å². The smallest absolute Gasteiger partial charge is 0.363 e. The van der Waals surface area contributed by atoms with E-state index in [2.05, 4.69) is 4.99 Å². The Hall–Kier alpha value is -3.97. The minimum absolute atomic E-state index is 0.0653. The van der Waals surface area contributed by atoms with Gasteiger partial charge in [0, 0.05) is 12.1 Å². The van der Waals surface area contributed by atoms with E-state index in [0.717, 1.165) is 5.56 Å². The van der Waals surface area contributed by atoms with Crippen LogP contribution in [0.25, 0.3) is 6.08 Å². The first-order valence-electron chi connectivity index (χ1n) is 9.23. The number of aliphatic imine (C=N–C) groups is 1. The molecule has 0 fully saturated rings. The Balaban J connectivity index is 1.51. The highest BCUT2D eigenvalue weighted by Gasteiger charge is 2.27. The van der Waals surface area contributed by atoms with Crippen LogP contribution in [0, 0.1) is 10.1 Å². The molecule has 8 heteroatoms. The van der Waals surface area contributed by atoms with E-state index in [9.17, 15) is 14.9 Å². The van der Waals surface area contributed by atoms with Gasteiger partial charge in [-0.15, -0.1) is 0 Å². The molecule has 0 N–H and O–H groups in total. The SMILES string of the molecule is O=C1OC(c2cc([N+](=O)[O-])ccc2Cl)=N/C1=C/c1ccc(OCc2ccccc2)cc1. The summed E-state index contributed by atoms with van der Waals surface area (Å²) in [5, 5.41) is 11.2. The summed E-state index contributed by atoms with van der Waals surface area (Å²) < 4.78 is 10.9. The van der Waals surface area contributed by atoms with E-state index in [-0.39, 0.29) is 27.9 Å². The third kappa shape index (κ3) is 4.79. The fourth-order valence-electron chi connectivity index (χ4n) is 2.87. The molecule has 154 valence electrons. The Kier molecular flexibility index (Phi) is 5.77. The van der Waals surface area contributed by atoms with Gasteiger partial charge in [0.25, 0.3) is 5.69 Å². The summed E-state index contributed by atoms with van der Waals surface area (Å²) >= 11 is 6.10. The molecule has 1 aliphatic rings. The summed E-state index contributed by atoms with van der Waals surface area (Å²) in [6.45, 7) is 0.450. The molecular formula is C23H15ClN2O5. The number of carbonyl (C=O) groups is 1. The molecule has 1 aliphatic heterocycles. The molecule has 0 saturated carbocycles. The van der Waals surface area contributed by atoms with E-state index in [1.54, 1.807) is 30.3 Å². The van der Waals surface area contributed by atoms with Gasteiger partial charge in [-0.25, -0.2) is 9.79 Å². The van der Waals surface area contributed by atoms with E-state index in [1.807, 2.05) is 30.3 Å². The van der Waals surface area contributed by atoms with Crippen molar-refractivity contribution in [3.8, 4) is 5.75 Å². The summed E-state index contributed by atoms with van der Waals surface area (Å²) in [7, 11) is 0. The van der Waals surface area contributed by atoms with Crippen LogP contribution in [0.15, 0.2) is 83.5 Å². The predicted molar refractivity (Wildman–Crippen MR) is 116 cm³/mol. The van der Waals surface area contributed by atoms with Crippen LogP contribution in [0.5, 0.6) is 5.75 Å². The number of hydrogen-bond acceptors (Lipinski definition) is 6. The topological polar surface area (TPSA) is 91.0 Å². The van der Waals surface area contributed by atoms with Crippen LogP contribution in [0.4, 0.5) is 5.69 Å². The van der Waals surface area contributed by atoms with Gasteiger partial charge >= 0.3 is 5.97 Å². The molecule has 1 heterocycles.